The van der Waals surface area contributed by atoms with Gasteiger partial charge in [-0.05, 0) is 20.1 Å². The number of aromatic nitrogens is 4. The van der Waals surface area contributed by atoms with Gasteiger partial charge >= 0.3 is 0 Å². The Labute approximate surface area is 118 Å². The molecule has 0 bridgehead atoms. The van der Waals surface area contributed by atoms with Gasteiger partial charge in [0.25, 0.3) is 0 Å². The molecule has 6 heteroatoms. The topological polar surface area (TPSA) is 47.7 Å². The fourth-order valence-electron chi connectivity index (χ4n) is 2.17. The molecule has 0 aromatic carbocycles. The molecule has 0 aliphatic rings. The van der Waals surface area contributed by atoms with Gasteiger partial charge in [-0.25, -0.2) is 4.98 Å². The van der Waals surface area contributed by atoms with Crippen molar-refractivity contribution in [1.82, 2.24) is 24.6 Å². The first-order valence-electron chi connectivity index (χ1n) is 6.29. The molecule has 0 amide bonds. The molecule has 0 unspecified atom stereocenters. The zero-order valence-electron chi connectivity index (χ0n) is 12.2. The summed E-state index contributed by atoms with van der Waals surface area (Å²) in [6.45, 7) is 5.82. The fraction of sp³-hybridized carbons (Fsp3) is 0.538. The summed E-state index contributed by atoms with van der Waals surface area (Å²) in [7, 11) is 4.04. The molecule has 0 radical (unpaired) electrons. The van der Waals surface area contributed by atoms with Crippen molar-refractivity contribution in [1.29, 1.82) is 0 Å². The van der Waals surface area contributed by atoms with E-state index in [1.807, 2.05) is 24.2 Å². The van der Waals surface area contributed by atoms with Gasteiger partial charge in [0.05, 0.1) is 17.6 Å². The maximum absolute atomic E-state index is 4.43. The minimum Gasteiger partial charge on any atom is -0.325 e. The highest BCUT2D eigenvalue weighted by Crippen LogP contribution is 2.14. The lowest BCUT2D eigenvalue weighted by molar-refractivity contribution is 0.634. The van der Waals surface area contributed by atoms with Crippen LogP contribution in [0.5, 0.6) is 0 Å². The molecule has 0 spiro atoms. The average Bonchev–Trinajstić information content (AvgIpc) is 2.84. The second kappa shape index (κ2) is 5.79. The van der Waals surface area contributed by atoms with Crippen LogP contribution >= 0.6 is 11.8 Å². The minimum absolute atomic E-state index is 0.817. The van der Waals surface area contributed by atoms with Crippen molar-refractivity contribution < 1.29 is 0 Å². The van der Waals surface area contributed by atoms with Gasteiger partial charge in [0.15, 0.2) is 5.16 Å². The molecule has 0 atom stereocenters. The summed E-state index contributed by atoms with van der Waals surface area (Å²) in [6.07, 6.45) is 3.98. The summed E-state index contributed by atoms with van der Waals surface area (Å²) in [5, 5.41) is 8.94. The highest BCUT2D eigenvalue weighted by molar-refractivity contribution is 7.98. The van der Waals surface area contributed by atoms with Crippen LogP contribution in [0.4, 0.5) is 0 Å². The molecule has 1 N–H and O–H groups in total. The van der Waals surface area contributed by atoms with E-state index >= 15 is 0 Å². The fourth-order valence-corrected chi connectivity index (χ4v) is 2.72. The number of thioether (sulfide) groups is 1. The maximum Gasteiger partial charge on any atom is 0.167 e. The Morgan fingerprint density at radius 2 is 2.00 bits per heavy atom. The van der Waals surface area contributed by atoms with E-state index in [1.165, 1.54) is 17.0 Å². The normalized spacial score (nSPS) is 11.2. The predicted octanol–water partition coefficient (Wildman–Crippen LogP) is 1.78. The molecular formula is C13H21N5S. The monoisotopic (exact) mass is 279 g/mol. The Kier molecular flexibility index (Phi) is 4.31. The summed E-state index contributed by atoms with van der Waals surface area (Å²) < 4.78 is 4.06. The number of hydrogen-bond acceptors (Lipinski definition) is 4. The zero-order valence-corrected chi connectivity index (χ0v) is 13.0. The standard InChI is InChI=1S/C13H21N5S/c1-9-12(10(2)18(4)16-9)8-14-6-11-7-15-13(19-5)17(11)3/h7,14H,6,8H2,1-5H3. The van der Waals surface area contributed by atoms with Crippen LogP contribution in [0.25, 0.3) is 0 Å². The summed E-state index contributed by atoms with van der Waals surface area (Å²) in [5.74, 6) is 0. The van der Waals surface area contributed by atoms with Crippen molar-refractivity contribution in [2.24, 2.45) is 14.1 Å². The SMILES string of the molecule is CSc1ncc(CNCc2c(C)nn(C)c2C)n1C. The number of aryl methyl sites for hydroxylation is 2. The van der Waals surface area contributed by atoms with Gasteiger partial charge in [-0.1, -0.05) is 11.8 Å². The maximum atomic E-state index is 4.43. The summed E-state index contributed by atoms with van der Waals surface area (Å²) in [5.41, 5.74) is 4.81. The van der Waals surface area contributed by atoms with Gasteiger partial charge in [-0.3, -0.25) is 4.68 Å². The molecule has 2 aromatic rings. The average molecular weight is 279 g/mol. The van der Waals surface area contributed by atoms with Crippen molar-refractivity contribution in [3.63, 3.8) is 0 Å². The van der Waals surface area contributed by atoms with Crippen molar-refractivity contribution in [2.45, 2.75) is 32.1 Å². The third kappa shape index (κ3) is 2.84. The molecule has 5 nitrogen and oxygen atoms in total. The third-order valence-corrected chi connectivity index (χ3v) is 4.24. The smallest absolute Gasteiger partial charge is 0.167 e. The first kappa shape index (κ1) is 14.1. The number of imidazole rings is 1. The van der Waals surface area contributed by atoms with E-state index in [-0.39, 0.29) is 0 Å². The molecule has 0 aliphatic heterocycles. The van der Waals surface area contributed by atoms with Crippen LogP contribution in [0.2, 0.25) is 0 Å². The van der Waals surface area contributed by atoms with Crippen LogP contribution in [0, 0.1) is 13.8 Å². The van der Waals surface area contributed by atoms with E-state index in [2.05, 4.69) is 40.9 Å². The molecule has 2 aromatic heterocycles. The zero-order chi connectivity index (χ0) is 14.0. The number of nitrogens with one attached hydrogen (secondary N) is 1. The van der Waals surface area contributed by atoms with Crippen molar-refractivity contribution in [3.8, 4) is 0 Å². The number of nitrogens with zero attached hydrogens (tertiary/aromatic N) is 4. The molecule has 104 valence electrons. The molecular weight excluding hydrogens is 258 g/mol. The first-order valence-corrected chi connectivity index (χ1v) is 7.51. The largest absolute Gasteiger partial charge is 0.325 e. The molecule has 2 heterocycles. The van der Waals surface area contributed by atoms with Gasteiger partial charge in [0.1, 0.15) is 0 Å². The van der Waals surface area contributed by atoms with Crippen LogP contribution in [0.3, 0.4) is 0 Å². The van der Waals surface area contributed by atoms with Crippen molar-refractivity contribution in [2.75, 3.05) is 6.26 Å². The Balaban J connectivity index is 1.98. The first-order chi connectivity index (χ1) is 9.04. The van der Waals surface area contributed by atoms with Gasteiger partial charge in [-0.2, -0.15) is 5.10 Å². The second-order valence-corrected chi connectivity index (χ2v) is 5.45. The van der Waals surface area contributed by atoms with Crippen LogP contribution in [-0.4, -0.2) is 25.6 Å². The van der Waals surface area contributed by atoms with E-state index in [4.69, 9.17) is 0 Å². The molecule has 0 fully saturated rings. The molecule has 0 saturated carbocycles. The lowest BCUT2D eigenvalue weighted by Crippen LogP contribution is -2.16. The van der Waals surface area contributed by atoms with E-state index in [9.17, 15) is 0 Å². The Bertz CT molecular complexity index is 570. The predicted molar refractivity (Wildman–Crippen MR) is 78.2 cm³/mol. The van der Waals surface area contributed by atoms with Crippen LogP contribution in [0.1, 0.15) is 22.6 Å². The second-order valence-electron chi connectivity index (χ2n) is 4.67. The van der Waals surface area contributed by atoms with Crippen molar-refractivity contribution >= 4 is 11.8 Å². The summed E-state index contributed by atoms with van der Waals surface area (Å²) in [6, 6.07) is 0. The Morgan fingerprint density at radius 1 is 1.26 bits per heavy atom. The van der Waals surface area contributed by atoms with Gasteiger partial charge in [0, 0.05) is 38.4 Å². The van der Waals surface area contributed by atoms with Gasteiger partial charge < -0.3 is 9.88 Å². The molecule has 2 rings (SSSR count). The summed E-state index contributed by atoms with van der Waals surface area (Å²) >= 11 is 1.67. The highest BCUT2D eigenvalue weighted by Gasteiger charge is 2.09. The molecule has 0 aliphatic carbocycles. The Morgan fingerprint density at radius 3 is 2.53 bits per heavy atom. The molecule has 0 saturated heterocycles. The number of rotatable bonds is 5. The lowest BCUT2D eigenvalue weighted by Gasteiger charge is -2.07. The minimum atomic E-state index is 0.817. The van der Waals surface area contributed by atoms with Gasteiger partial charge in [0.2, 0.25) is 0 Å². The third-order valence-electron chi connectivity index (χ3n) is 3.49. The van der Waals surface area contributed by atoms with Crippen LogP contribution in [-0.2, 0) is 27.2 Å². The van der Waals surface area contributed by atoms with Crippen molar-refractivity contribution in [3.05, 3.63) is 28.8 Å². The highest BCUT2D eigenvalue weighted by atomic mass is 32.2. The summed E-state index contributed by atoms with van der Waals surface area (Å²) in [4.78, 5) is 4.37. The van der Waals surface area contributed by atoms with Crippen LogP contribution < -0.4 is 5.32 Å². The number of hydrogen-bond donors (Lipinski definition) is 1. The van der Waals surface area contributed by atoms with Gasteiger partial charge in [-0.15, -0.1) is 0 Å². The van der Waals surface area contributed by atoms with E-state index in [0.717, 1.165) is 23.9 Å². The van der Waals surface area contributed by atoms with E-state index in [1.54, 1.807) is 11.8 Å². The lowest BCUT2D eigenvalue weighted by atomic mass is 10.2. The van der Waals surface area contributed by atoms with E-state index < -0.39 is 0 Å². The Hall–Kier alpha value is -1.27. The van der Waals surface area contributed by atoms with E-state index in [0.29, 0.717) is 0 Å². The molecule has 19 heavy (non-hydrogen) atoms. The van der Waals surface area contributed by atoms with Crippen LogP contribution in [0.15, 0.2) is 11.4 Å². The quantitative estimate of drug-likeness (QED) is 0.848.